The van der Waals surface area contributed by atoms with Gasteiger partial charge in [-0.25, -0.2) is 5.84 Å². The maximum absolute atomic E-state index is 12.8. The van der Waals surface area contributed by atoms with E-state index in [4.69, 9.17) is 29.7 Å². The second kappa shape index (κ2) is 6.75. The van der Waals surface area contributed by atoms with Gasteiger partial charge in [0.05, 0.1) is 5.56 Å². The second-order valence-corrected chi connectivity index (χ2v) is 6.91. The minimum atomic E-state index is -0.0662. The van der Waals surface area contributed by atoms with E-state index in [0.29, 0.717) is 26.3 Å². The summed E-state index contributed by atoms with van der Waals surface area (Å²) in [6, 6.07) is 6.84. The molecule has 1 aromatic carbocycles. The lowest BCUT2D eigenvalue weighted by Gasteiger charge is -2.15. The zero-order chi connectivity index (χ0) is 16.4. The topological polar surface area (TPSA) is 58.4 Å². The summed E-state index contributed by atoms with van der Waals surface area (Å²) >= 11 is 12.5. The number of thiocarbonyl (C=S) groups is 1. The third-order valence-corrected chi connectivity index (χ3v) is 5.02. The molecule has 0 aliphatic carbocycles. The SMILES string of the molecule is Cc1sc(NC(=S)N(C)N)c(C(=O)c2ccc(Cl)cc2)c1C. The van der Waals surface area contributed by atoms with E-state index in [-0.39, 0.29) is 5.78 Å². The highest BCUT2D eigenvalue weighted by molar-refractivity contribution is 7.80. The third kappa shape index (κ3) is 3.47. The Labute approximate surface area is 143 Å². The van der Waals surface area contributed by atoms with Gasteiger partial charge < -0.3 is 5.32 Å². The fraction of sp³-hybridized carbons (Fsp3) is 0.200. The normalized spacial score (nSPS) is 10.4. The van der Waals surface area contributed by atoms with Gasteiger partial charge in [0.25, 0.3) is 0 Å². The number of benzene rings is 1. The van der Waals surface area contributed by atoms with Crippen molar-refractivity contribution in [2.45, 2.75) is 13.8 Å². The van der Waals surface area contributed by atoms with E-state index in [1.165, 1.54) is 16.3 Å². The van der Waals surface area contributed by atoms with Crippen LogP contribution >= 0.6 is 35.2 Å². The van der Waals surface area contributed by atoms with Crippen molar-refractivity contribution in [3.63, 3.8) is 0 Å². The van der Waals surface area contributed by atoms with Gasteiger partial charge in [-0.05, 0) is 55.9 Å². The van der Waals surface area contributed by atoms with E-state index < -0.39 is 0 Å². The Morgan fingerprint density at radius 3 is 2.45 bits per heavy atom. The fourth-order valence-corrected chi connectivity index (χ4v) is 3.27. The van der Waals surface area contributed by atoms with Crippen molar-refractivity contribution in [3.05, 3.63) is 50.9 Å². The van der Waals surface area contributed by atoms with Crippen molar-refractivity contribution in [1.29, 1.82) is 0 Å². The molecule has 0 unspecified atom stereocenters. The standard InChI is InChI=1S/C15H16ClN3OS2/c1-8-9(2)22-14(18-15(21)19(3)17)12(8)13(20)10-4-6-11(16)7-5-10/h4-7H,17H2,1-3H3,(H,18,21). The smallest absolute Gasteiger partial charge is 0.196 e. The van der Waals surface area contributed by atoms with Gasteiger partial charge >= 0.3 is 0 Å². The van der Waals surface area contributed by atoms with Crippen molar-refractivity contribution in [2.75, 3.05) is 12.4 Å². The van der Waals surface area contributed by atoms with Crippen molar-refractivity contribution in [1.82, 2.24) is 5.01 Å². The molecule has 0 bridgehead atoms. The molecule has 0 spiro atoms. The number of ketones is 1. The first kappa shape index (κ1) is 16.9. The zero-order valence-corrected chi connectivity index (χ0v) is 14.8. The van der Waals surface area contributed by atoms with Crippen LogP contribution in [0, 0.1) is 13.8 Å². The van der Waals surface area contributed by atoms with Crippen LogP contribution in [-0.2, 0) is 0 Å². The maximum atomic E-state index is 12.8. The van der Waals surface area contributed by atoms with Crippen molar-refractivity contribution < 1.29 is 4.79 Å². The van der Waals surface area contributed by atoms with Crippen molar-refractivity contribution >= 4 is 51.1 Å². The molecule has 2 aromatic rings. The quantitative estimate of drug-likeness (QED) is 0.381. The van der Waals surface area contributed by atoms with E-state index in [9.17, 15) is 4.79 Å². The number of anilines is 1. The number of nitrogens with zero attached hydrogens (tertiary/aromatic N) is 1. The first-order valence-corrected chi connectivity index (χ1v) is 8.11. The lowest BCUT2D eigenvalue weighted by atomic mass is 10.0. The minimum absolute atomic E-state index is 0.0662. The average Bonchev–Trinajstić information content (AvgIpc) is 2.73. The number of thiophene rings is 1. The predicted molar refractivity (Wildman–Crippen MR) is 96.8 cm³/mol. The van der Waals surface area contributed by atoms with E-state index in [2.05, 4.69) is 5.32 Å². The van der Waals surface area contributed by atoms with E-state index in [1.54, 1.807) is 31.3 Å². The largest absolute Gasteiger partial charge is 0.323 e. The first-order valence-electron chi connectivity index (χ1n) is 6.51. The summed E-state index contributed by atoms with van der Waals surface area (Å²) < 4.78 is 0. The van der Waals surface area contributed by atoms with Crippen LogP contribution in [0.4, 0.5) is 5.00 Å². The second-order valence-electron chi connectivity index (χ2n) is 4.86. The lowest BCUT2D eigenvalue weighted by Crippen LogP contribution is -2.36. The number of hydrazine groups is 1. The number of halogens is 1. The van der Waals surface area contributed by atoms with E-state index in [0.717, 1.165) is 10.4 Å². The number of rotatable bonds is 3. The summed E-state index contributed by atoms with van der Waals surface area (Å²) in [6.07, 6.45) is 0. The van der Waals surface area contributed by atoms with Crippen LogP contribution in [0.5, 0.6) is 0 Å². The Hall–Kier alpha value is -1.47. The molecule has 0 saturated carbocycles. The van der Waals surface area contributed by atoms with E-state index >= 15 is 0 Å². The molecule has 0 aliphatic heterocycles. The average molecular weight is 354 g/mol. The van der Waals surface area contributed by atoms with Gasteiger partial charge in [0.2, 0.25) is 0 Å². The molecule has 22 heavy (non-hydrogen) atoms. The highest BCUT2D eigenvalue weighted by Gasteiger charge is 2.21. The number of carbonyl (C=O) groups is 1. The number of nitrogens with two attached hydrogens (primary N) is 1. The Morgan fingerprint density at radius 1 is 1.32 bits per heavy atom. The summed E-state index contributed by atoms with van der Waals surface area (Å²) in [7, 11) is 1.64. The summed E-state index contributed by atoms with van der Waals surface area (Å²) in [5.74, 6) is 5.55. The number of hydrogen-bond acceptors (Lipinski definition) is 4. The minimum Gasteiger partial charge on any atom is -0.323 e. The van der Waals surface area contributed by atoms with Crippen LogP contribution in [0.15, 0.2) is 24.3 Å². The molecule has 116 valence electrons. The van der Waals surface area contributed by atoms with Crippen molar-refractivity contribution in [3.8, 4) is 0 Å². The zero-order valence-electron chi connectivity index (χ0n) is 12.4. The molecule has 0 saturated heterocycles. The molecule has 2 rings (SSSR count). The fourth-order valence-electron chi connectivity index (χ4n) is 1.92. The van der Waals surface area contributed by atoms with E-state index in [1.807, 2.05) is 13.8 Å². The molecule has 1 heterocycles. The molecule has 7 heteroatoms. The van der Waals surface area contributed by atoms with Crippen LogP contribution in [0.3, 0.4) is 0 Å². The third-order valence-electron chi connectivity index (χ3n) is 3.26. The Morgan fingerprint density at radius 2 is 1.91 bits per heavy atom. The predicted octanol–water partition coefficient (Wildman–Crippen LogP) is 3.75. The molecule has 0 fully saturated rings. The van der Waals surface area contributed by atoms with Crippen LogP contribution in [0.2, 0.25) is 5.02 Å². The summed E-state index contributed by atoms with van der Waals surface area (Å²) in [4.78, 5) is 13.9. The number of carbonyl (C=O) groups excluding carboxylic acids is 1. The lowest BCUT2D eigenvalue weighted by molar-refractivity contribution is 0.103. The van der Waals surface area contributed by atoms with Crippen LogP contribution in [-0.4, -0.2) is 23.0 Å². The van der Waals surface area contributed by atoms with Crippen LogP contribution < -0.4 is 11.2 Å². The molecule has 0 aliphatic rings. The van der Waals surface area contributed by atoms with Crippen LogP contribution in [0.1, 0.15) is 26.4 Å². The number of hydrogen-bond donors (Lipinski definition) is 2. The Kier molecular flexibility index (Phi) is 5.18. The summed E-state index contributed by atoms with van der Waals surface area (Å²) in [5.41, 5.74) is 2.14. The molecule has 3 N–H and O–H groups in total. The molecular formula is C15H16ClN3OS2. The summed E-state index contributed by atoms with van der Waals surface area (Å²) in [5, 5.41) is 5.99. The Balaban J connectivity index is 2.43. The van der Waals surface area contributed by atoms with Gasteiger partial charge in [-0.2, -0.15) is 0 Å². The van der Waals surface area contributed by atoms with Gasteiger partial charge in [-0.3, -0.25) is 9.80 Å². The number of nitrogens with one attached hydrogen (secondary N) is 1. The molecule has 1 aromatic heterocycles. The highest BCUT2D eigenvalue weighted by atomic mass is 35.5. The van der Waals surface area contributed by atoms with Gasteiger partial charge in [0.15, 0.2) is 10.9 Å². The summed E-state index contributed by atoms with van der Waals surface area (Å²) in [6.45, 7) is 3.90. The van der Waals surface area contributed by atoms with Gasteiger partial charge in [-0.15, -0.1) is 11.3 Å². The number of aryl methyl sites for hydroxylation is 1. The monoisotopic (exact) mass is 353 g/mol. The van der Waals surface area contributed by atoms with Crippen molar-refractivity contribution in [2.24, 2.45) is 5.84 Å². The van der Waals surface area contributed by atoms with Gasteiger partial charge in [0.1, 0.15) is 5.00 Å². The molecule has 0 radical (unpaired) electrons. The Bertz CT molecular complexity index is 723. The molecule has 4 nitrogen and oxygen atoms in total. The molecular weight excluding hydrogens is 338 g/mol. The van der Waals surface area contributed by atoms with Gasteiger partial charge in [-0.1, -0.05) is 11.6 Å². The molecule has 0 amide bonds. The maximum Gasteiger partial charge on any atom is 0.196 e. The highest BCUT2D eigenvalue weighted by Crippen LogP contribution is 2.34. The molecule has 0 atom stereocenters. The van der Waals surface area contributed by atoms with Crippen LogP contribution in [0.25, 0.3) is 0 Å². The van der Waals surface area contributed by atoms with Gasteiger partial charge in [0, 0.05) is 22.5 Å². The first-order chi connectivity index (χ1) is 10.3.